The Balaban J connectivity index is 1.74. The standard InChI is InChI=1S/C25H20BBrF2N2O2/c1-16-12-17(2)31-22(16)13-23-24(18-8-10-20(11-9-18)33-15-27)21(14-30(23)26(31,28)29)25(32)19-6-4-3-5-7-19/h3-14H,15H2,1-2H3. The van der Waals surface area contributed by atoms with E-state index in [0.29, 0.717) is 45.1 Å². The van der Waals surface area contributed by atoms with Crippen LogP contribution < -0.4 is 4.74 Å². The highest BCUT2D eigenvalue weighted by molar-refractivity contribution is 9.09. The Morgan fingerprint density at radius 1 is 1.09 bits per heavy atom. The van der Waals surface area contributed by atoms with Crippen molar-refractivity contribution >= 4 is 46.5 Å². The summed E-state index contributed by atoms with van der Waals surface area (Å²) in [6.45, 7) is -0.670. The van der Waals surface area contributed by atoms with Gasteiger partial charge in [0.1, 0.15) is 17.5 Å². The van der Waals surface area contributed by atoms with Crippen LogP contribution in [0.5, 0.6) is 5.75 Å². The number of rotatable bonds is 5. The van der Waals surface area contributed by atoms with Crippen LogP contribution >= 0.6 is 15.9 Å². The first-order valence-electron chi connectivity index (χ1n) is 10.5. The molecule has 0 atom stereocenters. The monoisotopic (exact) mass is 508 g/mol. The van der Waals surface area contributed by atoms with Crippen molar-refractivity contribution in [1.29, 1.82) is 0 Å². The second-order valence-corrected chi connectivity index (χ2v) is 8.60. The average Bonchev–Trinajstić information content (AvgIpc) is 3.33. The molecule has 5 rings (SSSR count). The van der Waals surface area contributed by atoms with E-state index >= 15 is 8.63 Å². The summed E-state index contributed by atoms with van der Waals surface area (Å²) in [5.74, 6) is 0.338. The lowest BCUT2D eigenvalue weighted by Gasteiger charge is -2.30. The molecule has 0 bridgehead atoms. The van der Waals surface area contributed by atoms with Crippen LogP contribution in [0.1, 0.15) is 32.9 Å². The predicted molar refractivity (Wildman–Crippen MR) is 130 cm³/mol. The SMILES string of the molecule is Cc1cc(C)n2c1C=C1C(c3ccc(OCBr)cc3)=C(C(=O)c3ccccc3)C=[N+]1[B-]2(F)F. The van der Waals surface area contributed by atoms with Gasteiger partial charge in [-0.3, -0.25) is 4.79 Å². The van der Waals surface area contributed by atoms with Crippen molar-refractivity contribution in [2.75, 3.05) is 5.52 Å². The molecule has 0 spiro atoms. The molecule has 0 saturated carbocycles. The molecule has 1 aromatic heterocycles. The Morgan fingerprint density at radius 2 is 1.79 bits per heavy atom. The molecule has 0 N–H and O–H groups in total. The number of aromatic nitrogens is 1. The van der Waals surface area contributed by atoms with Gasteiger partial charge in [0.2, 0.25) is 0 Å². The number of fused-ring (bicyclic) bond motifs is 2. The zero-order chi connectivity index (χ0) is 23.3. The van der Waals surface area contributed by atoms with E-state index in [9.17, 15) is 4.79 Å². The molecule has 0 amide bonds. The molecule has 2 aliphatic rings. The first-order valence-corrected chi connectivity index (χ1v) is 11.6. The van der Waals surface area contributed by atoms with Gasteiger partial charge in [0.05, 0.1) is 11.1 Å². The molecule has 166 valence electrons. The molecule has 8 heteroatoms. The Hall–Kier alpha value is -3.26. The van der Waals surface area contributed by atoms with Crippen LogP contribution in [0, 0.1) is 13.8 Å². The number of allylic oxidation sites excluding steroid dienone is 2. The maximum atomic E-state index is 15.8. The molecular formula is C25H20BBrF2N2O2. The number of hydrogen-bond acceptors (Lipinski definition) is 2. The third kappa shape index (κ3) is 3.40. The van der Waals surface area contributed by atoms with Crippen LogP contribution in [-0.2, 0) is 0 Å². The fourth-order valence-corrected chi connectivity index (χ4v) is 4.90. The molecule has 0 unspecified atom stereocenters. The topological polar surface area (TPSA) is 34.2 Å². The number of halogens is 3. The number of alkyl halides is 1. The van der Waals surface area contributed by atoms with Crippen LogP contribution in [0.3, 0.4) is 0 Å². The number of carbonyl (C=O) groups excluding carboxylic acids is 1. The zero-order valence-corrected chi connectivity index (χ0v) is 19.6. The lowest BCUT2D eigenvalue weighted by Crippen LogP contribution is -2.49. The molecule has 3 heterocycles. The maximum absolute atomic E-state index is 15.8. The number of carbonyl (C=O) groups is 1. The normalized spacial score (nSPS) is 16.2. The van der Waals surface area contributed by atoms with Gasteiger partial charge in [-0.15, -0.1) is 0 Å². The smallest absolute Gasteiger partial charge is 0.482 e. The summed E-state index contributed by atoms with van der Waals surface area (Å²) < 4.78 is 39.2. The fraction of sp³-hybridized carbons (Fsp3) is 0.120. The highest BCUT2D eigenvalue weighted by Gasteiger charge is 2.54. The molecule has 33 heavy (non-hydrogen) atoms. The second kappa shape index (κ2) is 7.95. The van der Waals surface area contributed by atoms with Gasteiger partial charge in [0.15, 0.2) is 11.5 Å². The van der Waals surface area contributed by atoms with Gasteiger partial charge in [0, 0.05) is 17.3 Å². The van der Waals surface area contributed by atoms with Gasteiger partial charge in [-0.25, -0.2) is 0 Å². The first kappa shape index (κ1) is 21.6. The number of hydrogen-bond donors (Lipinski definition) is 0. The number of benzene rings is 2. The van der Waals surface area contributed by atoms with Gasteiger partial charge in [-0.05, 0) is 64.8 Å². The summed E-state index contributed by atoms with van der Waals surface area (Å²) in [6.07, 6.45) is 3.05. The van der Waals surface area contributed by atoms with Crippen LogP contribution in [0.2, 0.25) is 0 Å². The Labute approximate surface area is 198 Å². The number of aryl methyl sites for hydroxylation is 2. The summed E-state index contributed by atoms with van der Waals surface area (Å²) in [7, 11) is 0. The molecule has 4 nitrogen and oxygen atoms in total. The molecule has 0 saturated heterocycles. The Kier molecular flexibility index (Phi) is 5.20. The first-order chi connectivity index (χ1) is 15.8. The van der Waals surface area contributed by atoms with Crippen LogP contribution in [0.4, 0.5) is 8.63 Å². The summed E-state index contributed by atoms with van der Waals surface area (Å²) in [4.78, 5) is 13.5. The minimum absolute atomic E-state index is 0.240. The van der Waals surface area contributed by atoms with Gasteiger partial charge in [0.25, 0.3) is 0 Å². The third-order valence-electron chi connectivity index (χ3n) is 6.10. The van der Waals surface area contributed by atoms with Crippen LogP contribution in [0.25, 0.3) is 11.6 Å². The summed E-state index contributed by atoms with van der Waals surface area (Å²) in [6, 6.07) is 17.6. The van der Waals surface area contributed by atoms with Gasteiger partial charge >= 0.3 is 6.97 Å². The number of nitrogens with zero attached hydrogens (tertiary/aromatic N) is 2. The van der Waals surface area contributed by atoms with Gasteiger partial charge in [-0.2, -0.15) is 0 Å². The molecule has 0 fully saturated rings. The van der Waals surface area contributed by atoms with E-state index in [1.54, 1.807) is 67.6 Å². The lowest BCUT2D eigenvalue weighted by molar-refractivity contribution is -0.354. The van der Waals surface area contributed by atoms with E-state index in [2.05, 4.69) is 15.9 Å². The third-order valence-corrected chi connectivity index (χ3v) is 6.33. The minimum atomic E-state index is -4.17. The van der Waals surface area contributed by atoms with E-state index in [0.717, 1.165) is 14.5 Å². The van der Waals surface area contributed by atoms with Crippen molar-refractivity contribution in [2.24, 2.45) is 0 Å². The molecule has 0 radical (unpaired) electrons. The van der Waals surface area contributed by atoms with Crippen LogP contribution in [-0.4, -0.2) is 33.4 Å². The zero-order valence-electron chi connectivity index (χ0n) is 18.1. The van der Waals surface area contributed by atoms with Crippen LogP contribution in [0.15, 0.2) is 71.9 Å². The minimum Gasteiger partial charge on any atom is -0.482 e. The summed E-state index contributed by atoms with van der Waals surface area (Å²) in [5.41, 5.74) is 4.21. The van der Waals surface area contributed by atoms with Crippen molar-refractivity contribution in [1.82, 2.24) is 4.48 Å². The van der Waals surface area contributed by atoms with Crippen molar-refractivity contribution < 1.29 is 22.6 Å². The molecule has 0 aliphatic carbocycles. The van der Waals surface area contributed by atoms with E-state index in [4.69, 9.17) is 4.74 Å². The summed E-state index contributed by atoms with van der Waals surface area (Å²) in [5, 5.41) is 0. The quantitative estimate of drug-likeness (QED) is 0.246. The maximum Gasteiger partial charge on any atom is 0.737 e. The summed E-state index contributed by atoms with van der Waals surface area (Å²) >= 11 is 3.23. The molecule has 3 aromatic rings. The van der Waals surface area contributed by atoms with Gasteiger partial charge < -0.3 is 22.3 Å². The predicted octanol–water partition coefficient (Wildman–Crippen LogP) is 5.85. The molecular weight excluding hydrogens is 489 g/mol. The molecule has 2 aromatic carbocycles. The number of Topliss-reactive ketones (excluding diaryl/α,β-unsaturated/α-hetero) is 1. The van der Waals surface area contributed by atoms with Crippen molar-refractivity contribution in [3.63, 3.8) is 0 Å². The van der Waals surface area contributed by atoms with E-state index in [1.165, 1.54) is 6.21 Å². The van der Waals surface area contributed by atoms with E-state index in [-0.39, 0.29) is 11.4 Å². The Morgan fingerprint density at radius 3 is 2.45 bits per heavy atom. The number of ether oxygens (including phenoxy) is 1. The van der Waals surface area contributed by atoms with Crippen molar-refractivity contribution in [3.05, 3.63) is 100 Å². The van der Waals surface area contributed by atoms with E-state index in [1.807, 2.05) is 13.0 Å². The van der Waals surface area contributed by atoms with Crippen molar-refractivity contribution in [2.45, 2.75) is 13.8 Å². The molecule has 2 aliphatic heterocycles. The fourth-order valence-electron chi connectivity index (χ4n) is 4.63. The average molecular weight is 509 g/mol. The highest BCUT2D eigenvalue weighted by Crippen LogP contribution is 2.42. The number of ketones is 1. The van der Waals surface area contributed by atoms with Crippen molar-refractivity contribution in [3.8, 4) is 5.75 Å². The highest BCUT2D eigenvalue weighted by atomic mass is 79.9. The lowest BCUT2D eigenvalue weighted by atomic mass is 9.88. The second-order valence-electron chi connectivity index (χ2n) is 8.14. The largest absolute Gasteiger partial charge is 0.737 e. The Bertz CT molecular complexity index is 1370. The van der Waals surface area contributed by atoms with Gasteiger partial charge in [-0.1, -0.05) is 42.5 Å². The van der Waals surface area contributed by atoms with E-state index < -0.39 is 6.97 Å².